The first-order valence-electron chi connectivity index (χ1n) is 6.49. The maximum absolute atomic E-state index is 11.8. The quantitative estimate of drug-likeness (QED) is 0.680. The summed E-state index contributed by atoms with van der Waals surface area (Å²) in [7, 11) is 0. The Balaban J connectivity index is 1.81. The summed E-state index contributed by atoms with van der Waals surface area (Å²) in [6, 6.07) is 1.46. The zero-order valence-corrected chi connectivity index (χ0v) is 12.7. The van der Waals surface area contributed by atoms with Crippen LogP contribution in [-0.2, 0) is 14.3 Å². The minimum atomic E-state index is -0.494. The number of rotatable bonds is 4. The number of nitrogens with one attached hydrogen (secondary N) is 1. The summed E-state index contributed by atoms with van der Waals surface area (Å²) in [5, 5.41) is 3.06. The van der Waals surface area contributed by atoms with E-state index in [1.165, 1.54) is 12.3 Å². The van der Waals surface area contributed by atoms with Crippen LogP contribution >= 0.6 is 23.2 Å². The Labute approximate surface area is 132 Å². The number of esters is 1. The fraction of sp³-hybridized carbons (Fsp3) is 0.357. The molecule has 0 radical (unpaired) electrons. The smallest absolute Gasteiger partial charge is 0.309 e. The van der Waals surface area contributed by atoms with Gasteiger partial charge in [-0.3, -0.25) is 9.59 Å². The van der Waals surface area contributed by atoms with E-state index >= 15 is 0 Å². The van der Waals surface area contributed by atoms with Gasteiger partial charge in [0.2, 0.25) is 0 Å². The number of halogens is 2. The third-order valence-corrected chi connectivity index (χ3v) is 3.51. The number of hydrogen-bond acceptors (Lipinski definition) is 4. The molecule has 0 saturated carbocycles. The molecule has 5 nitrogen and oxygen atoms in total. The summed E-state index contributed by atoms with van der Waals surface area (Å²) in [4.78, 5) is 27.4. The van der Waals surface area contributed by atoms with E-state index in [2.05, 4.69) is 10.3 Å². The summed E-state index contributed by atoms with van der Waals surface area (Å²) < 4.78 is 5.00. The van der Waals surface area contributed by atoms with E-state index in [1.807, 2.05) is 12.2 Å². The van der Waals surface area contributed by atoms with Crippen LogP contribution in [0.1, 0.15) is 19.3 Å². The fourth-order valence-electron chi connectivity index (χ4n) is 1.94. The molecule has 112 valence electrons. The van der Waals surface area contributed by atoms with Crippen molar-refractivity contribution in [1.82, 2.24) is 4.98 Å². The summed E-state index contributed by atoms with van der Waals surface area (Å²) in [5.41, 5.74) is 0. The second-order valence-corrected chi connectivity index (χ2v) is 5.46. The molecule has 7 heteroatoms. The molecule has 0 spiro atoms. The molecule has 1 aliphatic rings. The molecule has 1 heterocycles. The maximum Gasteiger partial charge on any atom is 0.309 e. The second-order valence-electron chi connectivity index (χ2n) is 4.62. The standard InChI is InChI=1S/C14H14Cl2N2O3/c15-10-6-11(16)13(17-7-10)18-12(19)8-21-14(20)9-4-2-1-3-5-9/h1-2,6-7,9H,3-5,8H2,(H,17,18,19)/t9-/m1/s1. The number of carbonyl (C=O) groups excluding carboxylic acids is 2. The molecule has 0 unspecified atom stereocenters. The summed E-state index contributed by atoms with van der Waals surface area (Å²) >= 11 is 11.6. The molecule has 1 aromatic heterocycles. The first-order chi connectivity index (χ1) is 10.1. The molecule has 0 bridgehead atoms. The van der Waals surface area contributed by atoms with Crippen molar-refractivity contribution in [3.8, 4) is 0 Å². The highest BCUT2D eigenvalue weighted by molar-refractivity contribution is 6.36. The zero-order chi connectivity index (χ0) is 15.2. The Morgan fingerprint density at radius 3 is 2.86 bits per heavy atom. The largest absolute Gasteiger partial charge is 0.455 e. The van der Waals surface area contributed by atoms with Crippen LogP contribution in [0.2, 0.25) is 10.0 Å². The number of allylic oxidation sites excluding steroid dienone is 2. The van der Waals surface area contributed by atoms with Crippen LogP contribution in [0.25, 0.3) is 0 Å². The lowest BCUT2D eigenvalue weighted by molar-refractivity contribution is -0.151. The van der Waals surface area contributed by atoms with Crippen molar-refractivity contribution in [3.05, 3.63) is 34.5 Å². The Bertz CT molecular complexity index is 575. The molecular formula is C14H14Cl2N2O3. The monoisotopic (exact) mass is 328 g/mol. The molecule has 1 amide bonds. The lowest BCUT2D eigenvalue weighted by atomic mass is 9.95. The first kappa shape index (κ1) is 15.8. The molecule has 1 atom stereocenters. The van der Waals surface area contributed by atoms with Gasteiger partial charge in [-0.05, 0) is 25.3 Å². The van der Waals surface area contributed by atoms with E-state index in [-0.39, 0.29) is 29.3 Å². The minimum absolute atomic E-state index is 0.167. The number of ether oxygens (including phenoxy) is 1. The van der Waals surface area contributed by atoms with Gasteiger partial charge in [0.05, 0.1) is 16.0 Å². The highest BCUT2D eigenvalue weighted by Gasteiger charge is 2.21. The molecule has 1 aromatic rings. The third-order valence-electron chi connectivity index (χ3n) is 3.01. The number of pyridine rings is 1. The molecule has 0 saturated heterocycles. The van der Waals surface area contributed by atoms with Crippen molar-refractivity contribution < 1.29 is 14.3 Å². The second kappa shape index (κ2) is 7.43. The third kappa shape index (κ3) is 4.72. The lowest BCUT2D eigenvalue weighted by Crippen LogP contribution is -2.25. The number of aromatic nitrogens is 1. The molecule has 0 aromatic carbocycles. The Morgan fingerprint density at radius 1 is 1.38 bits per heavy atom. The van der Waals surface area contributed by atoms with Crippen molar-refractivity contribution in [1.29, 1.82) is 0 Å². The number of hydrogen-bond donors (Lipinski definition) is 1. The van der Waals surface area contributed by atoms with Crippen LogP contribution in [0.15, 0.2) is 24.4 Å². The summed E-state index contributed by atoms with van der Waals surface area (Å²) in [5.74, 6) is -0.834. The van der Waals surface area contributed by atoms with E-state index < -0.39 is 5.91 Å². The maximum atomic E-state index is 11.8. The van der Waals surface area contributed by atoms with E-state index in [9.17, 15) is 9.59 Å². The Morgan fingerprint density at radius 2 is 2.19 bits per heavy atom. The highest BCUT2D eigenvalue weighted by atomic mass is 35.5. The first-order valence-corrected chi connectivity index (χ1v) is 7.24. The fourth-order valence-corrected chi connectivity index (χ4v) is 2.36. The van der Waals surface area contributed by atoms with Gasteiger partial charge in [-0.1, -0.05) is 35.4 Å². The molecule has 2 rings (SSSR count). The van der Waals surface area contributed by atoms with Crippen molar-refractivity contribution in [2.75, 3.05) is 11.9 Å². The molecule has 1 aliphatic carbocycles. The van der Waals surface area contributed by atoms with Gasteiger partial charge in [-0.25, -0.2) is 4.98 Å². The van der Waals surface area contributed by atoms with Crippen molar-refractivity contribution in [2.45, 2.75) is 19.3 Å². The van der Waals surface area contributed by atoms with Gasteiger partial charge in [-0.15, -0.1) is 0 Å². The van der Waals surface area contributed by atoms with Crippen LogP contribution in [-0.4, -0.2) is 23.5 Å². The van der Waals surface area contributed by atoms with Crippen molar-refractivity contribution in [3.63, 3.8) is 0 Å². The van der Waals surface area contributed by atoms with Crippen LogP contribution < -0.4 is 5.32 Å². The average Bonchev–Trinajstić information content (AvgIpc) is 2.48. The minimum Gasteiger partial charge on any atom is -0.455 e. The van der Waals surface area contributed by atoms with E-state index in [4.69, 9.17) is 27.9 Å². The Hall–Kier alpha value is -1.59. The number of anilines is 1. The normalized spacial score (nSPS) is 17.3. The van der Waals surface area contributed by atoms with Gasteiger partial charge >= 0.3 is 5.97 Å². The molecule has 1 N–H and O–H groups in total. The van der Waals surface area contributed by atoms with Gasteiger partial charge in [0, 0.05) is 6.20 Å². The molecule has 21 heavy (non-hydrogen) atoms. The predicted octanol–water partition coefficient (Wildman–Crippen LogP) is 3.23. The molecular weight excluding hydrogens is 315 g/mol. The average molecular weight is 329 g/mol. The van der Waals surface area contributed by atoms with Gasteiger partial charge in [0.1, 0.15) is 0 Å². The Kier molecular flexibility index (Phi) is 5.59. The topological polar surface area (TPSA) is 68.3 Å². The van der Waals surface area contributed by atoms with Crippen LogP contribution in [0.5, 0.6) is 0 Å². The van der Waals surface area contributed by atoms with Crippen molar-refractivity contribution >= 4 is 40.9 Å². The number of nitrogens with zero attached hydrogens (tertiary/aromatic N) is 1. The lowest BCUT2D eigenvalue weighted by Gasteiger charge is -2.16. The van der Waals surface area contributed by atoms with Gasteiger partial charge in [0.15, 0.2) is 12.4 Å². The predicted molar refractivity (Wildman–Crippen MR) is 80.3 cm³/mol. The number of carbonyl (C=O) groups is 2. The van der Waals surface area contributed by atoms with Gasteiger partial charge in [-0.2, -0.15) is 0 Å². The van der Waals surface area contributed by atoms with Crippen LogP contribution in [0.4, 0.5) is 5.82 Å². The summed E-state index contributed by atoms with van der Waals surface area (Å²) in [6.07, 6.45) is 7.61. The summed E-state index contributed by atoms with van der Waals surface area (Å²) in [6.45, 7) is -0.361. The van der Waals surface area contributed by atoms with E-state index in [0.717, 1.165) is 12.8 Å². The van der Waals surface area contributed by atoms with Crippen LogP contribution in [0.3, 0.4) is 0 Å². The van der Waals surface area contributed by atoms with E-state index in [1.54, 1.807) is 0 Å². The van der Waals surface area contributed by atoms with E-state index in [0.29, 0.717) is 11.4 Å². The van der Waals surface area contributed by atoms with Gasteiger partial charge in [0.25, 0.3) is 5.91 Å². The van der Waals surface area contributed by atoms with Crippen molar-refractivity contribution in [2.24, 2.45) is 5.92 Å². The SMILES string of the molecule is O=C(COC(=O)[C@@H]1CC=CCC1)Nc1ncc(Cl)cc1Cl. The molecule has 0 fully saturated rings. The van der Waals surface area contributed by atoms with Crippen LogP contribution in [0, 0.1) is 5.92 Å². The zero-order valence-electron chi connectivity index (χ0n) is 11.1. The molecule has 0 aliphatic heterocycles. The van der Waals surface area contributed by atoms with Gasteiger partial charge < -0.3 is 10.1 Å². The number of amides is 1. The highest BCUT2D eigenvalue weighted by Crippen LogP contribution is 2.22.